The molecule has 0 radical (unpaired) electrons. The van der Waals surface area contributed by atoms with E-state index in [1.165, 1.54) is 12.1 Å². The lowest BCUT2D eigenvalue weighted by Gasteiger charge is -2.15. The Kier molecular flexibility index (Phi) is 3.90. The Balaban J connectivity index is 1.99. The number of halogens is 3. The molecule has 0 saturated carbocycles. The van der Waals surface area contributed by atoms with Crippen molar-refractivity contribution in [1.82, 2.24) is 9.88 Å². The van der Waals surface area contributed by atoms with Gasteiger partial charge in [0.25, 0.3) is 11.8 Å². The summed E-state index contributed by atoms with van der Waals surface area (Å²) in [5.74, 6) is -1.86. The first-order valence-electron chi connectivity index (χ1n) is 7.23. The van der Waals surface area contributed by atoms with Crippen molar-refractivity contribution < 1.29 is 27.6 Å². The highest BCUT2D eigenvalue weighted by Crippen LogP contribution is 2.31. The van der Waals surface area contributed by atoms with Gasteiger partial charge >= 0.3 is 6.18 Å². The number of aromatic nitrogens is 1. The van der Waals surface area contributed by atoms with E-state index in [9.17, 15) is 27.6 Å². The average molecular weight is 348 g/mol. The number of imide groups is 1. The van der Waals surface area contributed by atoms with Crippen LogP contribution in [-0.4, -0.2) is 27.5 Å². The van der Waals surface area contributed by atoms with Crippen molar-refractivity contribution in [3.8, 4) is 0 Å². The molecule has 1 aliphatic heterocycles. The smallest absolute Gasteiger partial charge is 0.293 e. The van der Waals surface area contributed by atoms with E-state index < -0.39 is 35.9 Å². The first-order valence-corrected chi connectivity index (χ1v) is 7.23. The number of benzene rings is 1. The third-order valence-corrected chi connectivity index (χ3v) is 3.76. The molecule has 1 aromatic carbocycles. The molecule has 0 N–H and O–H groups in total. The molecule has 128 valence electrons. The number of carbonyl (C=O) groups excluding carboxylic acids is 3. The van der Waals surface area contributed by atoms with Gasteiger partial charge < -0.3 is 0 Å². The van der Waals surface area contributed by atoms with Crippen LogP contribution in [0, 0.1) is 0 Å². The second-order valence-electron chi connectivity index (χ2n) is 5.53. The zero-order chi connectivity index (χ0) is 18.4. The molecule has 3 rings (SSSR count). The molecule has 1 aromatic heterocycles. The lowest BCUT2D eigenvalue weighted by molar-refractivity contribution is -0.137. The maximum atomic E-state index is 13.0. The second kappa shape index (κ2) is 5.80. The number of rotatable bonds is 3. The number of carbonyl (C=O) groups is 3. The summed E-state index contributed by atoms with van der Waals surface area (Å²) in [6, 6.07) is 7.49. The van der Waals surface area contributed by atoms with E-state index in [4.69, 9.17) is 0 Å². The van der Waals surface area contributed by atoms with Crippen molar-refractivity contribution in [2.24, 2.45) is 0 Å². The molecule has 25 heavy (non-hydrogen) atoms. The van der Waals surface area contributed by atoms with Gasteiger partial charge in [-0.1, -0.05) is 12.1 Å². The van der Waals surface area contributed by atoms with Crippen LogP contribution in [0.15, 0.2) is 36.4 Å². The van der Waals surface area contributed by atoms with Crippen molar-refractivity contribution in [1.29, 1.82) is 0 Å². The maximum Gasteiger partial charge on any atom is 0.416 e. The Bertz CT molecular complexity index is 871. The average Bonchev–Trinajstić information content (AvgIpc) is 2.79. The summed E-state index contributed by atoms with van der Waals surface area (Å²) in [5.41, 5.74) is -1.24. The summed E-state index contributed by atoms with van der Waals surface area (Å²) in [6.07, 6.45) is -4.68. The molecular formula is C17H11F3N2O3. The van der Waals surface area contributed by atoms with E-state index in [1.807, 2.05) is 0 Å². The zero-order valence-electron chi connectivity index (χ0n) is 12.9. The van der Waals surface area contributed by atoms with Crippen LogP contribution in [0.3, 0.4) is 0 Å². The minimum absolute atomic E-state index is 0.186. The number of hydrogen-bond acceptors (Lipinski definition) is 4. The third-order valence-electron chi connectivity index (χ3n) is 3.76. The van der Waals surface area contributed by atoms with Gasteiger partial charge in [0.05, 0.1) is 28.9 Å². The standard InChI is InChI=1S/C17H11F3N2O3/c1-9(23)14-7-10(17(18,19)20)6-11(21-14)8-22-15(24)12-4-2-3-5-13(12)16(22)25/h2-7H,8H2,1H3. The monoisotopic (exact) mass is 348 g/mol. The van der Waals surface area contributed by atoms with Gasteiger partial charge in [-0.15, -0.1) is 0 Å². The molecule has 8 heteroatoms. The Labute approximate surface area is 140 Å². The molecule has 0 spiro atoms. The molecule has 2 heterocycles. The molecule has 2 aromatic rings. The Morgan fingerprint density at radius 1 is 1.08 bits per heavy atom. The van der Waals surface area contributed by atoms with E-state index in [0.717, 1.165) is 17.9 Å². The number of alkyl halides is 3. The van der Waals surface area contributed by atoms with Crippen molar-refractivity contribution in [2.45, 2.75) is 19.6 Å². The van der Waals surface area contributed by atoms with Crippen molar-refractivity contribution in [3.05, 3.63) is 64.5 Å². The van der Waals surface area contributed by atoms with Crippen LogP contribution >= 0.6 is 0 Å². The van der Waals surface area contributed by atoms with E-state index in [2.05, 4.69) is 4.98 Å². The molecule has 0 bridgehead atoms. The third kappa shape index (κ3) is 3.02. The zero-order valence-corrected chi connectivity index (χ0v) is 12.9. The van der Waals surface area contributed by atoms with Crippen molar-refractivity contribution in [3.63, 3.8) is 0 Å². The summed E-state index contributed by atoms with van der Waals surface area (Å²) >= 11 is 0. The van der Waals surface area contributed by atoms with Gasteiger partial charge in [0.2, 0.25) is 0 Å². The highest BCUT2D eigenvalue weighted by Gasteiger charge is 2.36. The van der Waals surface area contributed by atoms with Gasteiger partial charge in [-0.25, -0.2) is 4.98 Å². The number of ketones is 1. The molecule has 0 aliphatic carbocycles. The quantitative estimate of drug-likeness (QED) is 0.631. The number of hydrogen-bond donors (Lipinski definition) is 0. The highest BCUT2D eigenvalue weighted by molar-refractivity contribution is 6.21. The number of fused-ring (bicyclic) bond motifs is 1. The molecule has 5 nitrogen and oxygen atoms in total. The van der Waals surface area contributed by atoms with Gasteiger partial charge in [-0.3, -0.25) is 19.3 Å². The molecule has 2 amide bonds. The number of nitrogens with zero attached hydrogens (tertiary/aromatic N) is 2. The predicted molar refractivity (Wildman–Crippen MR) is 79.9 cm³/mol. The summed E-state index contributed by atoms with van der Waals surface area (Å²) < 4.78 is 39.0. The normalized spacial score (nSPS) is 14.0. The predicted octanol–water partition coefficient (Wildman–Crippen LogP) is 3.10. The summed E-state index contributed by atoms with van der Waals surface area (Å²) in [4.78, 5) is 40.7. The maximum absolute atomic E-state index is 13.0. The molecule has 1 aliphatic rings. The molecule has 0 unspecified atom stereocenters. The van der Waals surface area contributed by atoms with E-state index in [-0.39, 0.29) is 22.5 Å². The fourth-order valence-electron chi connectivity index (χ4n) is 2.56. The fraction of sp³-hybridized carbons (Fsp3) is 0.176. The van der Waals surface area contributed by atoms with Gasteiger partial charge in [0, 0.05) is 6.92 Å². The van der Waals surface area contributed by atoms with Crippen molar-refractivity contribution >= 4 is 17.6 Å². The summed E-state index contributed by atoms with van der Waals surface area (Å²) in [5, 5.41) is 0. The first kappa shape index (κ1) is 16.8. The minimum Gasteiger partial charge on any atom is -0.293 e. The topological polar surface area (TPSA) is 67.3 Å². The summed E-state index contributed by atoms with van der Waals surface area (Å²) in [6.45, 7) is 0.644. The second-order valence-corrected chi connectivity index (χ2v) is 5.53. The SMILES string of the molecule is CC(=O)c1cc(C(F)(F)F)cc(CN2C(=O)c3ccccc3C2=O)n1. The number of pyridine rings is 1. The van der Waals surface area contributed by atoms with Crippen LogP contribution in [-0.2, 0) is 12.7 Å². The lowest BCUT2D eigenvalue weighted by Crippen LogP contribution is -2.30. The molecule has 0 fully saturated rings. The molecule has 0 saturated heterocycles. The lowest BCUT2D eigenvalue weighted by atomic mass is 10.1. The summed E-state index contributed by atoms with van der Waals surface area (Å²) in [7, 11) is 0. The highest BCUT2D eigenvalue weighted by atomic mass is 19.4. The van der Waals surface area contributed by atoms with Crippen molar-refractivity contribution in [2.75, 3.05) is 0 Å². The van der Waals surface area contributed by atoms with Crippen LogP contribution in [0.25, 0.3) is 0 Å². The Hall–Kier alpha value is -3.03. The van der Waals surface area contributed by atoms with Crippen LogP contribution in [0.1, 0.15) is 49.4 Å². The van der Waals surface area contributed by atoms with Gasteiger partial charge in [0.1, 0.15) is 5.69 Å². The number of Topliss-reactive ketones (excluding diaryl/α,β-unsaturated/α-hetero) is 1. The van der Waals surface area contributed by atoms with Crippen LogP contribution in [0.4, 0.5) is 13.2 Å². The van der Waals surface area contributed by atoms with E-state index in [0.29, 0.717) is 6.07 Å². The first-order chi connectivity index (χ1) is 11.7. The Morgan fingerprint density at radius 2 is 1.64 bits per heavy atom. The van der Waals surface area contributed by atoms with Gasteiger partial charge in [0.15, 0.2) is 5.78 Å². The van der Waals surface area contributed by atoms with Gasteiger partial charge in [-0.2, -0.15) is 13.2 Å². The van der Waals surface area contributed by atoms with Crippen LogP contribution < -0.4 is 0 Å². The largest absolute Gasteiger partial charge is 0.416 e. The van der Waals surface area contributed by atoms with Gasteiger partial charge in [-0.05, 0) is 24.3 Å². The van der Waals surface area contributed by atoms with E-state index in [1.54, 1.807) is 12.1 Å². The number of amides is 2. The molecular weight excluding hydrogens is 337 g/mol. The Morgan fingerprint density at radius 3 is 2.12 bits per heavy atom. The van der Waals surface area contributed by atoms with Crippen LogP contribution in [0.5, 0.6) is 0 Å². The molecule has 0 atom stereocenters. The van der Waals surface area contributed by atoms with Crippen LogP contribution in [0.2, 0.25) is 0 Å². The van der Waals surface area contributed by atoms with E-state index >= 15 is 0 Å². The fourth-order valence-corrected chi connectivity index (χ4v) is 2.56. The minimum atomic E-state index is -4.68.